The minimum absolute atomic E-state index is 0. The van der Waals surface area contributed by atoms with Crippen LogP contribution in [0, 0.1) is 0 Å². The van der Waals surface area contributed by atoms with Gasteiger partial charge in [0.05, 0.1) is 12.6 Å². The molecule has 4 rings (SSSR count). The second-order valence-corrected chi connectivity index (χ2v) is 6.23. The van der Waals surface area contributed by atoms with Gasteiger partial charge in [-0.25, -0.2) is 0 Å². The average molecular weight is 419 g/mol. The maximum Gasteiger partial charge on any atom is 0.255 e. The number of aromatic nitrogens is 2. The molecule has 3 fully saturated rings. The highest BCUT2D eigenvalue weighted by Gasteiger charge is 2.34. The van der Waals surface area contributed by atoms with Crippen LogP contribution in [-0.4, -0.2) is 34.8 Å². The Morgan fingerprint density at radius 3 is 2.77 bits per heavy atom. The predicted octanol–water partition coefficient (Wildman–Crippen LogP) is 1.85. The molecule has 3 N–H and O–H groups in total. The predicted molar refractivity (Wildman–Crippen MR) is 91.2 cm³/mol. The number of aliphatic imine (C=N–C) groups is 1. The van der Waals surface area contributed by atoms with Crippen LogP contribution in [0.25, 0.3) is 0 Å². The fourth-order valence-electron chi connectivity index (χ4n) is 2.59. The van der Waals surface area contributed by atoms with E-state index in [0.717, 1.165) is 18.7 Å². The van der Waals surface area contributed by atoms with Crippen molar-refractivity contribution in [2.24, 2.45) is 10.7 Å². The van der Waals surface area contributed by atoms with Crippen molar-refractivity contribution in [3.63, 3.8) is 0 Å². The number of rotatable bonds is 5. The van der Waals surface area contributed by atoms with E-state index in [0.29, 0.717) is 30.4 Å². The Morgan fingerprint density at radius 2 is 2.05 bits per heavy atom. The molecule has 7 nitrogen and oxygen atoms in total. The number of ether oxygens (including phenoxy) is 1. The fourth-order valence-corrected chi connectivity index (χ4v) is 2.59. The Hall–Kier alpha value is -0.900. The Kier molecular flexibility index (Phi) is 4.86. The van der Waals surface area contributed by atoms with E-state index < -0.39 is 0 Å². The van der Waals surface area contributed by atoms with Gasteiger partial charge < -0.3 is 20.3 Å². The van der Waals surface area contributed by atoms with Crippen molar-refractivity contribution >= 4 is 29.9 Å². The van der Waals surface area contributed by atoms with Gasteiger partial charge in [0, 0.05) is 12.0 Å². The van der Waals surface area contributed by atoms with Gasteiger partial charge in [0.15, 0.2) is 11.8 Å². The summed E-state index contributed by atoms with van der Waals surface area (Å²) in [4.78, 5) is 8.81. The third-order valence-electron chi connectivity index (χ3n) is 4.18. The smallest absolute Gasteiger partial charge is 0.255 e. The first-order chi connectivity index (χ1) is 10.3. The second-order valence-electron chi connectivity index (χ2n) is 6.23. The van der Waals surface area contributed by atoms with Crippen LogP contribution >= 0.6 is 24.0 Å². The molecule has 0 amide bonds. The van der Waals surface area contributed by atoms with Gasteiger partial charge in [-0.05, 0) is 38.5 Å². The highest BCUT2D eigenvalue weighted by Crippen LogP contribution is 2.39. The molecule has 2 heterocycles. The highest BCUT2D eigenvalue weighted by molar-refractivity contribution is 14.0. The summed E-state index contributed by atoms with van der Waals surface area (Å²) in [5, 5.41) is 7.21. The Balaban J connectivity index is 0.00000144. The van der Waals surface area contributed by atoms with E-state index >= 15 is 0 Å². The minimum atomic E-state index is -0.0807. The van der Waals surface area contributed by atoms with Crippen LogP contribution in [0.1, 0.15) is 62.3 Å². The molecular formula is C14H22IN5O2. The zero-order chi connectivity index (χ0) is 14.2. The first kappa shape index (κ1) is 16.0. The summed E-state index contributed by atoms with van der Waals surface area (Å²) in [6, 6.07) is 0.533. The molecule has 0 spiro atoms. The number of nitrogens with two attached hydrogens (primary N) is 1. The first-order valence-corrected chi connectivity index (χ1v) is 7.83. The Bertz CT molecular complexity index is 541. The zero-order valence-electron chi connectivity index (χ0n) is 12.4. The van der Waals surface area contributed by atoms with Crippen molar-refractivity contribution in [2.45, 2.75) is 62.7 Å². The number of hydrogen-bond acceptors (Lipinski definition) is 5. The molecule has 0 bridgehead atoms. The van der Waals surface area contributed by atoms with Crippen LogP contribution in [0.15, 0.2) is 9.52 Å². The lowest BCUT2D eigenvalue weighted by Crippen LogP contribution is -2.34. The molecule has 8 heteroatoms. The minimum Gasteiger partial charge on any atom is -0.370 e. The Labute approximate surface area is 146 Å². The van der Waals surface area contributed by atoms with Crippen molar-refractivity contribution in [1.29, 1.82) is 0 Å². The van der Waals surface area contributed by atoms with E-state index in [2.05, 4.69) is 20.4 Å². The van der Waals surface area contributed by atoms with Crippen molar-refractivity contribution < 1.29 is 9.26 Å². The summed E-state index contributed by atoms with van der Waals surface area (Å²) in [7, 11) is 0. The Morgan fingerprint density at radius 1 is 1.23 bits per heavy atom. The van der Waals surface area contributed by atoms with Gasteiger partial charge in [0.25, 0.3) is 5.89 Å². The first-order valence-electron chi connectivity index (χ1n) is 7.83. The topological polar surface area (TPSA) is 98.6 Å². The molecule has 1 aromatic rings. The van der Waals surface area contributed by atoms with Crippen LogP contribution < -0.4 is 11.1 Å². The summed E-state index contributed by atoms with van der Waals surface area (Å²) in [5.41, 5.74) is 5.82. The highest BCUT2D eigenvalue weighted by atomic mass is 127. The van der Waals surface area contributed by atoms with Gasteiger partial charge in [-0.15, -0.1) is 24.0 Å². The zero-order valence-corrected chi connectivity index (χ0v) is 14.7. The van der Waals surface area contributed by atoms with Gasteiger partial charge in [0.1, 0.15) is 6.10 Å². The van der Waals surface area contributed by atoms with Gasteiger partial charge in [0.2, 0.25) is 0 Å². The third-order valence-corrected chi connectivity index (χ3v) is 4.18. The molecule has 22 heavy (non-hydrogen) atoms. The number of nitrogens with one attached hydrogen (secondary N) is 1. The summed E-state index contributed by atoms with van der Waals surface area (Å²) in [6.07, 6.45) is 6.60. The molecule has 1 saturated heterocycles. The average Bonchev–Trinajstić information content (AvgIpc) is 3.39. The van der Waals surface area contributed by atoms with Crippen LogP contribution in [0.5, 0.6) is 0 Å². The molecule has 2 atom stereocenters. The molecule has 2 saturated carbocycles. The lowest BCUT2D eigenvalue weighted by molar-refractivity contribution is 0.0309. The van der Waals surface area contributed by atoms with Crippen LogP contribution in [0.3, 0.4) is 0 Å². The SMILES string of the molecule is I.NC(=NC[C@H]1CC[C@@H](c2nc(C3CC3)no2)O1)NC1CC1. The van der Waals surface area contributed by atoms with Crippen LogP contribution in [0.4, 0.5) is 0 Å². The van der Waals surface area contributed by atoms with Crippen LogP contribution in [0.2, 0.25) is 0 Å². The number of hydrogen-bond donors (Lipinski definition) is 2. The number of nitrogens with zero attached hydrogens (tertiary/aromatic N) is 3. The van der Waals surface area contributed by atoms with E-state index in [1.54, 1.807) is 0 Å². The monoisotopic (exact) mass is 419 g/mol. The van der Waals surface area contributed by atoms with Crippen molar-refractivity contribution in [2.75, 3.05) is 6.54 Å². The number of guanidine groups is 1. The standard InChI is InChI=1S/C14H21N5O2.HI/c15-14(17-9-3-4-9)16-7-10-5-6-11(20-10)13-18-12(19-21-13)8-1-2-8;/h8-11H,1-7H2,(H3,15,16,17);1H/t10-,11+;/m1./s1. The molecule has 1 aliphatic heterocycles. The van der Waals surface area contributed by atoms with E-state index in [9.17, 15) is 0 Å². The summed E-state index contributed by atoms with van der Waals surface area (Å²) < 4.78 is 11.3. The van der Waals surface area contributed by atoms with Gasteiger partial charge in [-0.1, -0.05) is 5.16 Å². The van der Waals surface area contributed by atoms with Gasteiger partial charge in [-0.3, -0.25) is 4.99 Å². The summed E-state index contributed by atoms with van der Waals surface area (Å²) in [5.74, 6) is 2.50. The molecule has 0 radical (unpaired) electrons. The van der Waals surface area contributed by atoms with E-state index in [1.807, 2.05) is 0 Å². The molecule has 2 aliphatic carbocycles. The summed E-state index contributed by atoms with van der Waals surface area (Å²) >= 11 is 0. The van der Waals surface area contributed by atoms with E-state index in [1.165, 1.54) is 25.7 Å². The van der Waals surface area contributed by atoms with Gasteiger partial charge >= 0.3 is 0 Å². The lowest BCUT2D eigenvalue weighted by Gasteiger charge is -2.09. The molecule has 0 aromatic carbocycles. The van der Waals surface area contributed by atoms with Crippen molar-refractivity contribution in [3.05, 3.63) is 11.7 Å². The second kappa shape index (κ2) is 6.69. The van der Waals surface area contributed by atoms with Crippen molar-refractivity contribution in [1.82, 2.24) is 15.5 Å². The maximum absolute atomic E-state index is 5.95. The fraction of sp³-hybridized carbons (Fsp3) is 0.786. The molecule has 1 aromatic heterocycles. The molecule has 122 valence electrons. The normalized spacial score (nSPS) is 28.5. The number of halogens is 1. The third kappa shape index (κ3) is 3.89. The molecular weight excluding hydrogens is 397 g/mol. The van der Waals surface area contributed by atoms with E-state index in [4.69, 9.17) is 15.0 Å². The summed E-state index contributed by atoms with van der Waals surface area (Å²) in [6.45, 7) is 0.589. The maximum atomic E-state index is 5.95. The van der Waals surface area contributed by atoms with Gasteiger partial charge in [-0.2, -0.15) is 4.98 Å². The lowest BCUT2D eigenvalue weighted by atomic mass is 10.2. The van der Waals surface area contributed by atoms with Crippen LogP contribution in [-0.2, 0) is 4.74 Å². The molecule has 3 aliphatic rings. The van der Waals surface area contributed by atoms with E-state index in [-0.39, 0.29) is 36.2 Å². The quantitative estimate of drug-likeness (QED) is 0.430. The largest absolute Gasteiger partial charge is 0.370 e. The molecule has 0 unspecified atom stereocenters. The van der Waals surface area contributed by atoms with Crippen molar-refractivity contribution in [3.8, 4) is 0 Å².